The summed E-state index contributed by atoms with van der Waals surface area (Å²) in [6.45, 7) is -0.363. The Morgan fingerprint density at radius 1 is 1.00 bits per heavy atom. The molecule has 3 heterocycles. The molecule has 2 aromatic heterocycles. The summed E-state index contributed by atoms with van der Waals surface area (Å²) in [6, 6.07) is 3.47. The Morgan fingerprint density at radius 2 is 1.69 bits per heavy atom. The first kappa shape index (κ1) is 22.6. The number of H-pyrrole nitrogens is 2. The molecule has 35 heavy (non-hydrogen) atoms. The molecule has 0 saturated heterocycles. The number of carbonyl (C=O) groups excluding carboxylic acids is 2. The number of amides is 1. The van der Waals surface area contributed by atoms with E-state index in [1.54, 1.807) is 0 Å². The molecule has 1 amide bonds. The van der Waals surface area contributed by atoms with Gasteiger partial charge in [-0.1, -0.05) is 0 Å². The molecule has 0 saturated carbocycles. The molecule has 0 fully saturated rings. The van der Waals surface area contributed by atoms with Crippen LogP contribution < -0.4 is 5.56 Å². The summed E-state index contributed by atoms with van der Waals surface area (Å²) in [7, 11) is 1.34. The van der Waals surface area contributed by atoms with Gasteiger partial charge in [0, 0.05) is 23.5 Å². The Bertz CT molecular complexity index is 1610. The maximum atomic E-state index is 14.1. The van der Waals surface area contributed by atoms with E-state index in [0.717, 1.165) is 23.1 Å². The van der Waals surface area contributed by atoms with Crippen molar-refractivity contribution in [2.45, 2.75) is 12.5 Å². The lowest BCUT2D eigenvalue weighted by atomic mass is 9.95. The van der Waals surface area contributed by atoms with Crippen LogP contribution in [0, 0.1) is 17.5 Å². The molecule has 7 nitrogen and oxygen atoms in total. The largest absolute Gasteiger partial charge is 0.458 e. The second-order valence-electron chi connectivity index (χ2n) is 8.03. The number of fused-ring (bicyclic) bond motifs is 4. The topological polar surface area (TPSA) is 95.3 Å². The number of rotatable bonds is 3. The molecule has 1 aliphatic heterocycles. The number of pyridine rings is 1. The van der Waals surface area contributed by atoms with Crippen molar-refractivity contribution < 1.29 is 36.3 Å². The first-order valence-corrected chi connectivity index (χ1v) is 10.2. The number of likely N-dealkylation sites (N-methyl/N-ethyl adjacent to an activating group) is 1. The average Bonchev–Trinajstić information content (AvgIpc) is 3.22. The molecule has 4 aromatic rings. The molecule has 2 aromatic carbocycles. The first-order chi connectivity index (χ1) is 16.6. The molecule has 1 aliphatic rings. The predicted octanol–water partition coefficient (Wildman–Crippen LogP) is 4.35. The van der Waals surface area contributed by atoms with Crippen LogP contribution in [0.4, 0.5) is 22.0 Å². The summed E-state index contributed by atoms with van der Waals surface area (Å²) >= 11 is 0. The van der Waals surface area contributed by atoms with Crippen molar-refractivity contribution >= 4 is 33.6 Å². The molecule has 180 valence electrons. The summed E-state index contributed by atoms with van der Waals surface area (Å²) in [5.74, 6) is -5.27. The van der Waals surface area contributed by atoms with Crippen LogP contribution >= 0.6 is 0 Å². The van der Waals surface area contributed by atoms with Crippen molar-refractivity contribution in [1.82, 2.24) is 14.9 Å². The minimum atomic E-state index is -3.06. The third-order valence-electron chi connectivity index (χ3n) is 6.00. The Morgan fingerprint density at radius 3 is 2.37 bits per heavy atom. The highest BCUT2D eigenvalue weighted by Gasteiger charge is 2.36. The van der Waals surface area contributed by atoms with E-state index in [0.29, 0.717) is 6.07 Å². The summed E-state index contributed by atoms with van der Waals surface area (Å²) in [6.07, 6.45) is -3.06. The van der Waals surface area contributed by atoms with Gasteiger partial charge in [-0.05, 0) is 35.7 Å². The maximum Gasteiger partial charge on any atom is 0.355 e. The second kappa shape index (κ2) is 7.93. The van der Waals surface area contributed by atoms with Gasteiger partial charge in [0.1, 0.15) is 23.8 Å². The number of nitrogens with one attached hydrogen (secondary N) is 2. The number of aromatic amines is 2. The summed E-state index contributed by atoms with van der Waals surface area (Å²) in [4.78, 5) is 44.0. The third kappa shape index (κ3) is 3.52. The van der Waals surface area contributed by atoms with Gasteiger partial charge in [0.05, 0.1) is 17.0 Å². The number of ether oxygens (including phenoxy) is 1. The number of hydrogen-bond donors (Lipinski definition) is 2. The number of nitrogens with zero attached hydrogens (tertiary/aromatic N) is 1. The van der Waals surface area contributed by atoms with E-state index in [1.165, 1.54) is 13.1 Å². The van der Waals surface area contributed by atoms with Gasteiger partial charge in [0.25, 0.3) is 17.9 Å². The number of hydrogen-bond acceptors (Lipinski definition) is 4. The van der Waals surface area contributed by atoms with E-state index in [9.17, 15) is 36.3 Å². The Balaban J connectivity index is 1.61. The van der Waals surface area contributed by atoms with Crippen molar-refractivity contribution in [3.63, 3.8) is 0 Å². The smallest absolute Gasteiger partial charge is 0.355 e. The zero-order valence-electron chi connectivity index (χ0n) is 17.7. The van der Waals surface area contributed by atoms with Crippen LogP contribution in [0.15, 0.2) is 35.1 Å². The lowest BCUT2D eigenvalue weighted by Crippen LogP contribution is -2.39. The fourth-order valence-electron chi connectivity index (χ4n) is 4.25. The predicted molar refractivity (Wildman–Crippen MR) is 113 cm³/mol. The zero-order valence-corrected chi connectivity index (χ0v) is 17.7. The van der Waals surface area contributed by atoms with Gasteiger partial charge < -0.3 is 19.6 Å². The highest BCUT2D eigenvalue weighted by Crippen LogP contribution is 2.35. The molecule has 0 unspecified atom stereocenters. The quantitative estimate of drug-likeness (QED) is 0.329. The second-order valence-corrected chi connectivity index (χ2v) is 8.03. The minimum absolute atomic E-state index is 0.0488. The van der Waals surface area contributed by atoms with Crippen LogP contribution in [0.1, 0.15) is 44.6 Å². The van der Waals surface area contributed by atoms with Gasteiger partial charge in [-0.25, -0.2) is 26.7 Å². The van der Waals surface area contributed by atoms with Crippen LogP contribution in [-0.4, -0.2) is 40.4 Å². The van der Waals surface area contributed by atoms with Crippen LogP contribution in [-0.2, 0) is 4.74 Å². The average molecular weight is 491 g/mol. The number of aromatic nitrogens is 2. The molecule has 2 N–H and O–H groups in total. The number of benzene rings is 2. The number of esters is 1. The third-order valence-corrected chi connectivity index (χ3v) is 6.00. The molecule has 0 spiro atoms. The maximum absolute atomic E-state index is 14.1. The van der Waals surface area contributed by atoms with Gasteiger partial charge in [0.15, 0.2) is 11.6 Å². The van der Waals surface area contributed by atoms with Crippen molar-refractivity contribution in [2.75, 3.05) is 13.7 Å². The standard InChI is InChI=1S/C23H14F5N3O4/c1-31(22(33)16-3-8-2-12(24)11(20(27)28)6-15(8)29-16)17-7-35-23(34)19-18(17)9-4-13(25)14(26)5-10(9)21(32)30-19/h2-6,17,20,29H,7H2,1H3,(H,30,32)/t17-/m1/s1. The van der Waals surface area contributed by atoms with Gasteiger partial charge in [-0.3, -0.25) is 9.59 Å². The normalized spacial score (nSPS) is 15.5. The van der Waals surface area contributed by atoms with Crippen molar-refractivity contribution in [3.8, 4) is 0 Å². The zero-order chi connectivity index (χ0) is 25.2. The van der Waals surface area contributed by atoms with E-state index in [-0.39, 0.29) is 45.2 Å². The molecule has 0 aliphatic carbocycles. The fourth-order valence-corrected chi connectivity index (χ4v) is 4.25. The van der Waals surface area contributed by atoms with E-state index in [4.69, 9.17) is 4.74 Å². The molecular formula is C23H14F5N3O4. The monoisotopic (exact) mass is 491 g/mol. The van der Waals surface area contributed by atoms with E-state index < -0.39 is 52.9 Å². The van der Waals surface area contributed by atoms with E-state index in [2.05, 4.69) is 9.97 Å². The molecule has 5 rings (SSSR count). The molecule has 12 heteroatoms. The molecule has 1 atom stereocenters. The number of carbonyl (C=O) groups is 2. The van der Waals surface area contributed by atoms with E-state index in [1.807, 2.05) is 0 Å². The number of cyclic esters (lactones) is 1. The SMILES string of the molecule is CN(C(=O)c1cc2cc(F)c(C(F)F)cc2[nH]1)[C@@H]1COC(=O)c2[nH]c(=O)c3cc(F)c(F)cc3c21. The fraction of sp³-hybridized carbons (Fsp3) is 0.174. The van der Waals surface area contributed by atoms with Gasteiger partial charge in [-0.15, -0.1) is 0 Å². The van der Waals surface area contributed by atoms with Gasteiger partial charge in [0.2, 0.25) is 0 Å². The Labute approximate surface area is 192 Å². The van der Waals surface area contributed by atoms with E-state index >= 15 is 0 Å². The summed E-state index contributed by atoms with van der Waals surface area (Å²) in [5, 5.41) is -0.139. The highest BCUT2D eigenvalue weighted by molar-refractivity contribution is 6.01. The minimum Gasteiger partial charge on any atom is -0.458 e. The van der Waals surface area contributed by atoms with Crippen LogP contribution in [0.3, 0.4) is 0 Å². The van der Waals surface area contributed by atoms with Crippen molar-refractivity contribution in [1.29, 1.82) is 0 Å². The van der Waals surface area contributed by atoms with Crippen LogP contribution in [0.5, 0.6) is 0 Å². The molecular weight excluding hydrogens is 477 g/mol. The molecule has 0 bridgehead atoms. The highest BCUT2D eigenvalue weighted by atomic mass is 19.3. The lowest BCUT2D eigenvalue weighted by molar-refractivity contribution is 0.0281. The number of halogens is 5. The van der Waals surface area contributed by atoms with Crippen LogP contribution in [0.25, 0.3) is 21.7 Å². The van der Waals surface area contributed by atoms with Crippen LogP contribution in [0.2, 0.25) is 0 Å². The first-order valence-electron chi connectivity index (χ1n) is 10.2. The number of alkyl halides is 2. The lowest BCUT2D eigenvalue weighted by Gasteiger charge is -2.32. The van der Waals surface area contributed by atoms with Gasteiger partial charge >= 0.3 is 5.97 Å². The Kier molecular flexibility index (Phi) is 5.11. The van der Waals surface area contributed by atoms with Crippen molar-refractivity contribution in [2.24, 2.45) is 0 Å². The Hall–Kier alpha value is -4.22. The van der Waals surface area contributed by atoms with Gasteiger partial charge in [-0.2, -0.15) is 0 Å². The summed E-state index contributed by atoms with van der Waals surface area (Å²) in [5.41, 5.74) is -1.93. The molecule has 0 radical (unpaired) electrons. The van der Waals surface area contributed by atoms with Crippen molar-refractivity contribution in [3.05, 3.63) is 80.7 Å². The summed E-state index contributed by atoms with van der Waals surface area (Å²) < 4.78 is 72.9.